The van der Waals surface area contributed by atoms with Crippen molar-refractivity contribution in [2.45, 2.75) is 26.4 Å². The summed E-state index contributed by atoms with van der Waals surface area (Å²) in [5, 5.41) is 8.53. The highest BCUT2D eigenvalue weighted by Gasteiger charge is 2.15. The minimum absolute atomic E-state index is 0.0129. The van der Waals surface area contributed by atoms with Crippen LogP contribution in [0.3, 0.4) is 0 Å². The fourth-order valence-corrected chi connectivity index (χ4v) is 1.27. The zero-order chi connectivity index (χ0) is 12.1. The van der Waals surface area contributed by atoms with Crippen molar-refractivity contribution in [3.8, 4) is 5.75 Å². The first kappa shape index (κ1) is 12.2. The Kier molecular flexibility index (Phi) is 4.05. The molecule has 1 aromatic rings. The number of carbonyl (C=O) groups excluding carboxylic acids is 1. The molecule has 4 nitrogen and oxygen atoms in total. The molecular formula is C12H14O4. The summed E-state index contributed by atoms with van der Waals surface area (Å²) < 4.78 is 5.48. The number of para-hydroxylation sites is 1. The van der Waals surface area contributed by atoms with E-state index in [-0.39, 0.29) is 12.5 Å². The lowest BCUT2D eigenvalue weighted by Gasteiger charge is -2.13. The van der Waals surface area contributed by atoms with E-state index in [0.717, 1.165) is 0 Å². The zero-order valence-electron chi connectivity index (χ0n) is 9.27. The number of hydrogen-bond donors (Lipinski definition) is 1. The molecule has 1 N–H and O–H groups in total. The van der Waals surface area contributed by atoms with Crippen LogP contribution in [0.2, 0.25) is 0 Å². The summed E-state index contributed by atoms with van der Waals surface area (Å²) >= 11 is 0. The monoisotopic (exact) mass is 222 g/mol. The number of rotatable bonds is 5. The minimum atomic E-state index is -1.42. The van der Waals surface area contributed by atoms with Gasteiger partial charge in [0, 0.05) is 12.0 Å². The van der Waals surface area contributed by atoms with Gasteiger partial charge in [-0.2, -0.15) is 0 Å². The quantitative estimate of drug-likeness (QED) is 0.770. The third-order valence-corrected chi connectivity index (χ3v) is 1.92. The highest BCUT2D eigenvalue weighted by molar-refractivity contribution is 6.33. The van der Waals surface area contributed by atoms with Gasteiger partial charge in [-0.25, -0.2) is 4.79 Å². The van der Waals surface area contributed by atoms with E-state index in [2.05, 4.69) is 0 Å². The van der Waals surface area contributed by atoms with Gasteiger partial charge in [0.2, 0.25) is 5.78 Å². The number of Topliss-reactive ketones (excluding diaryl/α,β-unsaturated/α-hetero) is 1. The molecule has 0 unspecified atom stereocenters. The average Bonchev–Trinajstić information content (AvgIpc) is 2.20. The van der Waals surface area contributed by atoms with Gasteiger partial charge in [-0.1, -0.05) is 18.2 Å². The van der Waals surface area contributed by atoms with Crippen molar-refractivity contribution >= 4 is 11.8 Å². The topological polar surface area (TPSA) is 63.6 Å². The van der Waals surface area contributed by atoms with Gasteiger partial charge in [-0.3, -0.25) is 4.79 Å². The summed E-state index contributed by atoms with van der Waals surface area (Å²) in [4.78, 5) is 21.5. The van der Waals surface area contributed by atoms with Gasteiger partial charge in [-0.15, -0.1) is 0 Å². The molecule has 16 heavy (non-hydrogen) atoms. The molecule has 0 saturated carbocycles. The fraction of sp³-hybridized carbons (Fsp3) is 0.333. The van der Waals surface area contributed by atoms with Crippen LogP contribution in [0.4, 0.5) is 0 Å². The van der Waals surface area contributed by atoms with Crippen molar-refractivity contribution in [1.29, 1.82) is 0 Å². The molecule has 0 heterocycles. The molecule has 1 rings (SSSR count). The van der Waals surface area contributed by atoms with Crippen LogP contribution in [0.1, 0.15) is 19.4 Å². The molecule has 0 aliphatic carbocycles. The molecule has 0 bridgehead atoms. The molecule has 0 aliphatic rings. The molecule has 0 aromatic heterocycles. The smallest absolute Gasteiger partial charge is 0.372 e. The second-order valence-electron chi connectivity index (χ2n) is 3.68. The maximum absolute atomic E-state index is 11.1. The predicted octanol–water partition coefficient (Wildman–Crippen LogP) is 1.67. The van der Waals surface area contributed by atoms with Crippen LogP contribution in [0.15, 0.2) is 24.3 Å². The molecular weight excluding hydrogens is 208 g/mol. The SMILES string of the molecule is CC(C)Oc1ccccc1CC(=O)C(=O)O. The van der Waals surface area contributed by atoms with Crippen LogP contribution in [-0.2, 0) is 16.0 Å². The van der Waals surface area contributed by atoms with Gasteiger partial charge in [-0.05, 0) is 19.9 Å². The predicted molar refractivity (Wildman–Crippen MR) is 58.6 cm³/mol. The third-order valence-electron chi connectivity index (χ3n) is 1.92. The number of ketones is 1. The van der Waals surface area contributed by atoms with Crippen molar-refractivity contribution < 1.29 is 19.4 Å². The lowest BCUT2D eigenvalue weighted by Crippen LogP contribution is -2.16. The molecule has 0 aliphatic heterocycles. The van der Waals surface area contributed by atoms with Gasteiger partial charge in [0.05, 0.1) is 6.10 Å². The van der Waals surface area contributed by atoms with Crippen LogP contribution in [-0.4, -0.2) is 23.0 Å². The van der Waals surface area contributed by atoms with Crippen molar-refractivity contribution in [2.24, 2.45) is 0 Å². The van der Waals surface area contributed by atoms with Crippen molar-refractivity contribution in [3.63, 3.8) is 0 Å². The Morgan fingerprint density at radius 1 is 1.31 bits per heavy atom. The number of aliphatic carboxylic acids is 1. The van der Waals surface area contributed by atoms with Crippen LogP contribution in [0.5, 0.6) is 5.75 Å². The normalized spacial score (nSPS) is 10.2. The van der Waals surface area contributed by atoms with Crippen LogP contribution in [0.25, 0.3) is 0 Å². The maximum atomic E-state index is 11.1. The molecule has 0 fully saturated rings. The number of carboxylic acid groups (broad SMARTS) is 1. The Balaban J connectivity index is 2.86. The van der Waals surface area contributed by atoms with E-state index in [4.69, 9.17) is 9.84 Å². The van der Waals surface area contributed by atoms with Crippen LogP contribution in [0, 0.1) is 0 Å². The Labute approximate surface area is 93.9 Å². The number of hydrogen-bond acceptors (Lipinski definition) is 3. The van der Waals surface area contributed by atoms with E-state index < -0.39 is 11.8 Å². The molecule has 0 radical (unpaired) electrons. The summed E-state index contributed by atoms with van der Waals surface area (Å²) in [5.74, 6) is -1.69. The highest BCUT2D eigenvalue weighted by Crippen LogP contribution is 2.20. The Morgan fingerprint density at radius 2 is 1.94 bits per heavy atom. The molecule has 0 spiro atoms. The number of carbonyl (C=O) groups is 2. The van der Waals surface area contributed by atoms with Gasteiger partial charge >= 0.3 is 5.97 Å². The Bertz CT molecular complexity index is 396. The number of ether oxygens (including phenoxy) is 1. The minimum Gasteiger partial charge on any atom is -0.491 e. The van der Waals surface area contributed by atoms with Crippen molar-refractivity contribution in [1.82, 2.24) is 0 Å². The molecule has 0 atom stereocenters. The van der Waals surface area contributed by atoms with E-state index in [1.165, 1.54) is 0 Å². The Hall–Kier alpha value is -1.84. The van der Waals surface area contributed by atoms with E-state index >= 15 is 0 Å². The first-order chi connectivity index (χ1) is 7.50. The van der Waals surface area contributed by atoms with Crippen molar-refractivity contribution in [3.05, 3.63) is 29.8 Å². The third kappa shape index (κ3) is 3.38. The summed E-state index contributed by atoms with van der Waals surface area (Å²) in [5.41, 5.74) is 0.601. The lowest BCUT2D eigenvalue weighted by atomic mass is 10.1. The van der Waals surface area contributed by atoms with Gasteiger partial charge in [0.1, 0.15) is 5.75 Å². The molecule has 4 heteroatoms. The summed E-state index contributed by atoms with van der Waals surface area (Å²) in [6.45, 7) is 3.74. The van der Waals surface area contributed by atoms with E-state index in [0.29, 0.717) is 11.3 Å². The first-order valence-electron chi connectivity index (χ1n) is 5.01. The largest absolute Gasteiger partial charge is 0.491 e. The average molecular weight is 222 g/mol. The molecule has 0 saturated heterocycles. The van der Waals surface area contributed by atoms with Gasteiger partial charge in [0.25, 0.3) is 0 Å². The zero-order valence-corrected chi connectivity index (χ0v) is 9.27. The summed E-state index contributed by atoms with van der Waals surface area (Å²) in [6.07, 6.45) is -0.154. The number of carboxylic acids is 1. The van der Waals surface area contributed by atoms with Crippen molar-refractivity contribution in [2.75, 3.05) is 0 Å². The van der Waals surface area contributed by atoms with E-state index in [1.54, 1.807) is 24.3 Å². The Morgan fingerprint density at radius 3 is 2.50 bits per heavy atom. The van der Waals surface area contributed by atoms with Gasteiger partial charge in [0.15, 0.2) is 0 Å². The first-order valence-corrected chi connectivity index (χ1v) is 5.01. The molecule has 0 amide bonds. The van der Waals surface area contributed by atoms with E-state index in [1.807, 2.05) is 13.8 Å². The number of benzene rings is 1. The van der Waals surface area contributed by atoms with Gasteiger partial charge < -0.3 is 9.84 Å². The maximum Gasteiger partial charge on any atom is 0.372 e. The van der Waals surface area contributed by atoms with Crippen LogP contribution >= 0.6 is 0 Å². The second kappa shape index (κ2) is 5.30. The summed E-state index contributed by atoms with van der Waals surface area (Å²) in [7, 11) is 0. The van der Waals surface area contributed by atoms with E-state index in [9.17, 15) is 9.59 Å². The molecule has 86 valence electrons. The standard InChI is InChI=1S/C12H14O4/c1-8(2)16-11-6-4-3-5-9(11)7-10(13)12(14)15/h3-6,8H,7H2,1-2H3,(H,14,15). The fourth-order valence-electron chi connectivity index (χ4n) is 1.27. The molecule has 1 aromatic carbocycles. The second-order valence-corrected chi connectivity index (χ2v) is 3.68. The summed E-state index contributed by atoms with van der Waals surface area (Å²) in [6, 6.07) is 6.95. The van der Waals surface area contributed by atoms with Crippen LogP contribution < -0.4 is 4.74 Å². The highest BCUT2D eigenvalue weighted by atomic mass is 16.5. The lowest BCUT2D eigenvalue weighted by molar-refractivity contribution is -0.148.